The second kappa shape index (κ2) is 9.25. The third-order valence-electron chi connectivity index (χ3n) is 6.30. The van der Waals surface area contributed by atoms with E-state index in [-0.39, 0.29) is 17.2 Å². The first-order valence-electron chi connectivity index (χ1n) is 14.4. The first-order chi connectivity index (χ1) is 20.8. The highest BCUT2D eigenvalue weighted by Gasteiger charge is 2.15. The molecule has 0 aliphatic carbocycles. The molecule has 0 fully saturated rings. The zero-order valence-electron chi connectivity index (χ0n) is 24.8. The fourth-order valence-electron chi connectivity index (χ4n) is 4.44. The fourth-order valence-corrected chi connectivity index (χ4v) is 4.60. The Morgan fingerprint density at radius 1 is 0.526 bits per heavy atom. The molecule has 0 saturated heterocycles. The van der Waals surface area contributed by atoms with Gasteiger partial charge in [0, 0.05) is 38.6 Å². The van der Waals surface area contributed by atoms with E-state index < -0.39 is 30.2 Å². The maximum Gasteiger partial charge on any atom is 0.164 e. The zero-order chi connectivity index (χ0) is 29.8. The summed E-state index contributed by atoms with van der Waals surface area (Å²) in [5.41, 5.74) is 4.51. The van der Waals surface area contributed by atoms with Crippen LogP contribution in [0.2, 0.25) is 5.02 Å². The lowest BCUT2D eigenvalue weighted by Gasteiger charge is -2.09. The predicted octanol–water partition coefficient (Wildman–Crippen LogP) is 9.09. The number of fused-ring (bicyclic) bond motifs is 3. The van der Waals surface area contributed by atoms with E-state index in [0.29, 0.717) is 33.1 Å². The van der Waals surface area contributed by atoms with Crippen molar-refractivity contribution in [3.05, 3.63) is 126 Å². The number of furan rings is 1. The van der Waals surface area contributed by atoms with Gasteiger partial charge in [-0.25, -0.2) is 15.0 Å². The van der Waals surface area contributed by atoms with Crippen molar-refractivity contribution < 1.29 is 11.3 Å². The van der Waals surface area contributed by atoms with Gasteiger partial charge in [-0.1, -0.05) is 102 Å². The molecule has 0 N–H and O–H groups in total. The highest BCUT2D eigenvalue weighted by Crippen LogP contribution is 2.34. The summed E-state index contributed by atoms with van der Waals surface area (Å²) in [6.07, 6.45) is 0. The van der Waals surface area contributed by atoms with Crippen molar-refractivity contribution in [3.63, 3.8) is 0 Å². The van der Waals surface area contributed by atoms with E-state index in [9.17, 15) is 0 Å². The van der Waals surface area contributed by atoms with Gasteiger partial charge in [-0.15, -0.1) is 0 Å². The lowest BCUT2D eigenvalue weighted by molar-refractivity contribution is 0.669. The van der Waals surface area contributed by atoms with Crippen LogP contribution in [0.15, 0.2) is 126 Å². The number of hydrogen-bond donors (Lipinski definition) is 0. The molecule has 4 nitrogen and oxygen atoms in total. The number of halogens is 1. The standard InChI is InChI=1S/C33H20ClN3O/c34-26-16-18-28-27-17-15-25(19-29(27)38-30(28)20-26)33-36-31(23-9-5-2-6-10-23)35-32(37-33)24-13-11-22(12-14-24)21-7-3-1-4-8-21/h1-20H/i2D,5D,6D,9D,10D. The summed E-state index contributed by atoms with van der Waals surface area (Å²) in [4.78, 5) is 14.0. The van der Waals surface area contributed by atoms with Crippen LogP contribution in [0.3, 0.4) is 0 Å². The lowest BCUT2D eigenvalue weighted by atomic mass is 10.0. The SMILES string of the molecule is [2H]c1c([2H])c([2H])c(-c2nc(-c3ccc(-c4ccccc4)cc3)nc(-c3ccc4c(c3)oc3cc(Cl)ccc34)n2)c([2H])c1[2H]. The van der Waals surface area contributed by atoms with Crippen molar-refractivity contribution in [1.29, 1.82) is 0 Å². The van der Waals surface area contributed by atoms with Gasteiger partial charge in [0.2, 0.25) is 0 Å². The Labute approximate surface area is 231 Å². The summed E-state index contributed by atoms with van der Waals surface area (Å²) < 4.78 is 47.5. The third kappa shape index (κ3) is 4.11. The minimum Gasteiger partial charge on any atom is -0.456 e. The molecule has 0 bridgehead atoms. The van der Waals surface area contributed by atoms with Crippen LogP contribution in [0.4, 0.5) is 0 Å². The van der Waals surface area contributed by atoms with Crippen LogP contribution in [-0.4, -0.2) is 15.0 Å². The van der Waals surface area contributed by atoms with Crippen molar-refractivity contribution in [3.8, 4) is 45.3 Å². The van der Waals surface area contributed by atoms with Gasteiger partial charge in [0.1, 0.15) is 11.2 Å². The Morgan fingerprint density at radius 3 is 1.82 bits per heavy atom. The number of rotatable bonds is 4. The highest BCUT2D eigenvalue weighted by atomic mass is 35.5. The summed E-state index contributed by atoms with van der Waals surface area (Å²) in [7, 11) is 0. The summed E-state index contributed by atoms with van der Waals surface area (Å²) in [6.45, 7) is 0. The van der Waals surface area contributed by atoms with Gasteiger partial charge in [-0.05, 0) is 35.4 Å². The van der Waals surface area contributed by atoms with Crippen molar-refractivity contribution in [1.82, 2.24) is 15.0 Å². The van der Waals surface area contributed by atoms with Crippen LogP contribution in [0.25, 0.3) is 67.2 Å². The Bertz CT molecular complexity index is 2170. The number of aromatic nitrogens is 3. The van der Waals surface area contributed by atoms with Crippen LogP contribution in [-0.2, 0) is 0 Å². The second-order valence-electron chi connectivity index (χ2n) is 8.70. The third-order valence-corrected chi connectivity index (χ3v) is 6.54. The van der Waals surface area contributed by atoms with Gasteiger partial charge >= 0.3 is 0 Å². The first-order valence-corrected chi connectivity index (χ1v) is 12.3. The Morgan fingerprint density at radius 2 is 1.08 bits per heavy atom. The molecule has 2 heterocycles. The molecule has 0 atom stereocenters. The molecule has 2 aromatic heterocycles. The highest BCUT2D eigenvalue weighted by molar-refractivity contribution is 6.31. The number of nitrogens with zero attached hydrogens (tertiary/aromatic N) is 3. The van der Waals surface area contributed by atoms with Crippen molar-refractivity contribution in [2.24, 2.45) is 0 Å². The van der Waals surface area contributed by atoms with Crippen LogP contribution in [0.5, 0.6) is 0 Å². The summed E-state index contributed by atoms with van der Waals surface area (Å²) in [6, 6.07) is 26.5. The molecule has 5 aromatic carbocycles. The van der Waals surface area contributed by atoms with Gasteiger partial charge in [0.25, 0.3) is 0 Å². The van der Waals surface area contributed by atoms with Crippen LogP contribution in [0.1, 0.15) is 6.85 Å². The van der Waals surface area contributed by atoms with Gasteiger partial charge < -0.3 is 4.42 Å². The first kappa shape index (κ1) is 17.6. The van der Waals surface area contributed by atoms with E-state index >= 15 is 0 Å². The molecule has 7 rings (SSSR count). The van der Waals surface area contributed by atoms with E-state index in [1.165, 1.54) is 0 Å². The molecule has 0 aliphatic rings. The minimum atomic E-state index is -0.486. The van der Waals surface area contributed by atoms with E-state index in [4.69, 9.17) is 27.9 Å². The molecule has 180 valence electrons. The maximum atomic E-state index is 8.53. The normalized spacial score (nSPS) is 13.1. The van der Waals surface area contributed by atoms with Crippen molar-refractivity contribution in [2.75, 3.05) is 0 Å². The van der Waals surface area contributed by atoms with E-state index in [1.807, 2.05) is 78.9 Å². The van der Waals surface area contributed by atoms with Crippen molar-refractivity contribution in [2.45, 2.75) is 0 Å². The van der Waals surface area contributed by atoms with E-state index in [0.717, 1.165) is 21.9 Å². The predicted molar refractivity (Wildman–Crippen MR) is 154 cm³/mol. The van der Waals surface area contributed by atoms with E-state index in [2.05, 4.69) is 9.97 Å². The average molecular weight is 515 g/mol. The van der Waals surface area contributed by atoms with Crippen LogP contribution in [0, 0.1) is 0 Å². The maximum absolute atomic E-state index is 8.53. The lowest BCUT2D eigenvalue weighted by Crippen LogP contribution is -2.00. The topological polar surface area (TPSA) is 51.8 Å². The average Bonchev–Trinajstić information content (AvgIpc) is 3.40. The Hall–Kier alpha value is -4.80. The molecule has 0 radical (unpaired) electrons. The molecular weight excluding hydrogens is 490 g/mol. The summed E-state index contributed by atoms with van der Waals surface area (Å²) in [5, 5.41) is 2.38. The Balaban J connectivity index is 1.43. The molecule has 0 saturated carbocycles. The second-order valence-corrected chi connectivity index (χ2v) is 9.14. The number of hydrogen-bond acceptors (Lipinski definition) is 4. The van der Waals surface area contributed by atoms with Crippen LogP contribution < -0.4 is 0 Å². The molecule has 0 spiro atoms. The summed E-state index contributed by atoms with van der Waals surface area (Å²) in [5.74, 6) is 0.530. The molecule has 38 heavy (non-hydrogen) atoms. The van der Waals surface area contributed by atoms with Crippen molar-refractivity contribution >= 4 is 33.5 Å². The molecule has 0 amide bonds. The van der Waals surface area contributed by atoms with Crippen LogP contribution >= 0.6 is 11.6 Å². The largest absolute Gasteiger partial charge is 0.456 e. The van der Waals surface area contributed by atoms with Gasteiger partial charge in [-0.2, -0.15) is 0 Å². The fraction of sp³-hybridized carbons (Fsp3) is 0. The Kier molecular flexibility index (Phi) is 4.29. The van der Waals surface area contributed by atoms with Gasteiger partial charge in [0.15, 0.2) is 17.5 Å². The number of benzene rings is 5. The van der Waals surface area contributed by atoms with E-state index in [1.54, 1.807) is 12.1 Å². The summed E-state index contributed by atoms with van der Waals surface area (Å²) >= 11 is 6.17. The molecule has 7 aromatic rings. The zero-order valence-corrected chi connectivity index (χ0v) is 20.5. The van der Waals surface area contributed by atoms with Gasteiger partial charge in [0.05, 0.1) is 6.85 Å². The van der Waals surface area contributed by atoms with Gasteiger partial charge in [-0.3, -0.25) is 0 Å². The minimum absolute atomic E-state index is 0.0272. The molecular formula is C33H20ClN3O. The molecule has 0 aliphatic heterocycles. The quantitative estimate of drug-likeness (QED) is 0.235. The molecule has 0 unspecified atom stereocenters. The smallest absolute Gasteiger partial charge is 0.164 e. The monoisotopic (exact) mass is 514 g/mol. The molecule has 5 heteroatoms.